The highest BCUT2D eigenvalue weighted by Gasteiger charge is 2.36. The van der Waals surface area contributed by atoms with Crippen molar-refractivity contribution in [1.82, 2.24) is 82.6 Å². The maximum atomic E-state index is 16.1. The Morgan fingerprint density at radius 3 is 1.32 bits per heavy atom. The first-order chi connectivity index (χ1) is 70.9. The summed E-state index contributed by atoms with van der Waals surface area (Å²) in [6, 6.07) is 55.4. The number of nitrogens with one attached hydrogen (secondary N) is 1. The summed E-state index contributed by atoms with van der Waals surface area (Å²) in [5.41, 5.74) is 22.3. The van der Waals surface area contributed by atoms with Crippen LogP contribution in [0.3, 0.4) is 0 Å². The third-order valence-electron chi connectivity index (χ3n) is 28.7. The topological polar surface area (TPSA) is 277 Å². The Balaban J connectivity index is 0.000000125. The van der Waals surface area contributed by atoms with Gasteiger partial charge in [-0.25, -0.2) is 18.8 Å². The van der Waals surface area contributed by atoms with E-state index in [4.69, 9.17) is 68.0 Å². The van der Waals surface area contributed by atoms with Crippen molar-refractivity contribution in [3.63, 3.8) is 0 Å². The number of thioether (sulfide) groups is 6. The average molecular weight is 2110 g/mol. The lowest BCUT2D eigenvalue weighted by molar-refractivity contribution is 0.0675. The van der Waals surface area contributed by atoms with E-state index in [-0.39, 0.29) is 17.1 Å². The number of aryl methyl sites for hydroxylation is 10. The molecule has 0 amide bonds. The minimum atomic E-state index is -1.04. The van der Waals surface area contributed by atoms with Gasteiger partial charge in [0.2, 0.25) is 0 Å². The number of carboxylic acid groups (broad SMARTS) is 3. The van der Waals surface area contributed by atoms with E-state index in [0.29, 0.717) is 126 Å². The zero-order chi connectivity index (χ0) is 101. The summed E-state index contributed by atoms with van der Waals surface area (Å²) in [5.74, 6) is 6.33. The predicted octanol–water partition coefficient (Wildman–Crippen LogP) is 23.7. The standard InChI is InChI=1S/C38H38FN5O3S2.C37H37ClN6O3S2.C36H35ClN6O3S2/c1-22-34-32(43(3)40-22)21-48-19-25-16-26(44(41-25)18-23-10-11-23)20-49-27-15-24-7-4-5-8-28(24)33(17-27)47-14-6-9-29-30-12-13-31(39)35(34)36(30)42(2)37(29)38(45)46;1-41-12-13-44-31(18-41)34-30(40-44)21-48-19-23-16-24(43(3)39-23)20-49-25-15-22-7-4-5-8-26(22)32(17-25)47-14-6-9-27-28-10-11-29(38)33(34)35(28)42(2)36(27)37(45)46;1-41-34-27-9-10-28(37)32(34)33-29(40-43-12-11-38-17-30(33)43)20-47-18-22-15-23(42(2)39-22)19-48-24-14-21-6-3-4-7-25(21)31(16-24)46-13-5-8-26(27)35(41)36(44)45/h4-5,7-8,12-13,15-17,23H,6,9-11,14,18-21H2,1-3H3,(H,45,46);4-5,7-8,10-11,15-17H,6,9,12-14,18-21H2,1-3H3,(H,45,46);3-4,6-7,9-10,14-16,38H,5,8,11-13,17-20H2,1-2H3,(H,44,45). The largest absolute Gasteiger partial charge is 0.493 e. The Hall–Kier alpha value is -12.0. The van der Waals surface area contributed by atoms with Crippen molar-refractivity contribution in [2.45, 2.75) is 157 Å². The van der Waals surface area contributed by atoms with Gasteiger partial charge in [-0.3, -0.25) is 33.0 Å². The normalized spacial score (nSPS) is 15.7. The number of likely N-dealkylation sites (N-methyl/N-ethyl adjacent to an activating group) is 1. The molecule has 0 saturated heterocycles. The summed E-state index contributed by atoms with van der Waals surface area (Å²) < 4.78 is 52.9. The summed E-state index contributed by atoms with van der Waals surface area (Å²) in [7, 11) is 13.4. The van der Waals surface area contributed by atoms with Crippen LogP contribution in [0.5, 0.6) is 17.2 Å². The van der Waals surface area contributed by atoms with E-state index >= 15 is 4.39 Å². The minimum absolute atomic E-state index is 0.169. The molecule has 18 aromatic rings. The highest BCUT2D eigenvalue weighted by atomic mass is 35.5. The molecule has 0 radical (unpaired) electrons. The molecule has 750 valence electrons. The Morgan fingerprint density at radius 1 is 0.425 bits per heavy atom. The van der Waals surface area contributed by atoms with Gasteiger partial charge < -0.3 is 48.5 Å². The fraction of sp³-hybridized carbons (Fsp3) is 0.324. The molecule has 14 heterocycles. The number of nitrogens with zero attached hydrogens (tertiary/aromatic N) is 16. The number of ether oxygens (including phenoxy) is 3. The summed E-state index contributed by atoms with van der Waals surface area (Å²) in [6.07, 6.45) is 5.96. The van der Waals surface area contributed by atoms with Crippen molar-refractivity contribution in [1.29, 1.82) is 0 Å². The lowest BCUT2D eigenvalue weighted by Crippen LogP contribution is -2.30. The summed E-state index contributed by atoms with van der Waals surface area (Å²) in [4.78, 5) is 44.1. The van der Waals surface area contributed by atoms with Crippen LogP contribution in [0.4, 0.5) is 4.39 Å². The lowest BCUT2D eigenvalue weighted by Gasteiger charge is -2.24. The van der Waals surface area contributed by atoms with Gasteiger partial charge >= 0.3 is 17.9 Å². The highest BCUT2D eigenvalue weighted by molar-refractivity contribution is 7.99. The number of carboxylic acids is 3. The predicted molar refractivity (Wildman–Crippen MR) is 585 cm³/mol. The van der Waals surface area contributed by atoms with Gasteiger partial charge in [0.05, 0.1) is 111 Å². The number of hydrogen-bond acceptors (Lipinski definition) is 20. The molecule has 24 bridgehead atoms. The molecule has 0 unspecified atom stereocenters. The van der Waals surface area contributed by atoms with Crippen LogP contribution in [0.2, 0.25) is 10.0 Å². The maximum Gasteiger partial charge on any atom is 0.352 e. The molecule has 5 aliphatic heterocycles. The fourth-order valence-electron chi connectivity index (χ4n) is 21.7. The third kappa shape index (κ3) is 19.5. The van der Waals surface area contributed by atoms with E-state index in [1.54, 1.807) is 88.3 Å². The number of hydrogen-bond donors (Lipinski definition) is 4. The second-order valence-corrected chi connectivity index (χ2v) is 45.3. The van der Waals surface area contributed by atoms with Crippen LogP contribution >= 0.6 is 93.8 Å². The summed E-state index contributed by atoms with van der Waals surface area (Å²) >= 11 is 24.8. The first-order valence-electron chi connectivity index (χ1n) is 49.3. The minimum Gasteiger partial charge on any atom is -0.493 e. The van der Waals surface area contributed by atoms with Crippen molar-refractivity contribution >= 4 is 177 Å². The van der Waals surface area contributed by atoms with Gasteiger partial charge in [-0.15, -0.1) is 70.6 Å². The van der Waals surface area contributed by atoms with Crippen molar-refractivity contribution < 1.29 is 48.3 Å². The van der Waals surface area contributed by atoms with Crippen molar-refractivity contribution in [2.24, 2.45) is 48.2 Å². The van der Waals surface area contributed by atoms with E-state index in [1.807, 2.05) is 126 Å². The van der Waals surface area contributed by atoms with Crippen LogP contribution < -0.4 is 19.5 Å². The molecule has 9 aromatic heterocycles. The molecule has 1 saturated carbocycles. The number of rotatable bonds is 5. The molecule has 24 rings (SSSR count). The van der Waals surface area contributed by atoms with Gasteiger partial charge in [-0.05, 0) is 183 Å². The number of aromatic nitrogens is 15. The Morgan fingerprint density at radius 2 is 0.849 bits per heavy atom. The average Bonchev–Trinajstić information content (AvgIpc) is 1.58. The molecule has 146 heavy (non-hydrogen) atoms. The molecular formula is C111H110Cl2FN17O9S6. The van der Waals surface area contributed by atoms with Crippen LogP contribution in [-0.4, -0.2) is 150 Å². The molecule has 1 aliphatic carbocycles. The number of halogens is 3. The van der Waals surface area contributed by atoms with Crippen LogP contribution in [0, 0.1) is 18.7 Å². The Bertz CT molecular complexity index is 8220. The van der Waals surface area contributed by atoms with Gasteiger partial charge in [0.25, 0.3) is 0 Å². The maximum absolute atomic E-state index is 16.1. The SMILES string of the molecule is CN1CCn2nc3c(c2C1)-c1c(Cl)ccc2c(c(C(=O)O)n(C)c12)CCCOc1cc(cc2ccccc12)SCc1cc(nn1C)CSC3.Cc1nn(C)c2c1-c1c(F)ccc3c(c(C(=O)O)n(C)c13)CCCOc1cc(cc3ccccc13)SCc1cc(nn1CC1CC1)CSC2.Cn1nc2cc1CSc1cc(c3ccccc3c1)OCCCc1c(C(=O)O)n(C)c3c(c(Cl)ccc13)-c1c(nn3c1CNCC3)CSC2. The van der Waals surface area contributed by atoms with Crippen molar-refractivity contribution in [3.05, 3.63) is 282 Å². The summed E-state index contributed by atoms with van der Waals surface area (Å²) in [5, 5.41) is 74.9. The van der Waals surface area contributed by atoms with E-state index in [9.17, 15) is 29.7 Å². The van der Waals surface area contributed by atoms with Gasteiger partial charge in [-0.1, -0.05) is 108 Å². The van der Waals surface area contributed by atoms with Crippen LogP contribution in [0.25, 0.3) is 98.4 Å². The zero-order valence-electron chi connectivity index (χ0n) is 82.3. The first-order valence-corrected chi connectivity index (χ1v) is 56.4. The van der Waals surface area contributed by atoms with Crippen molar-refractivity contribution in [2.75, 3.05) is 40.0 Å². The van der Waals surface area contributed by atoms with Gasteiger partial charge in [0.15, 0.2) is 0 Å². The molecule has 1 fully saturated rings. The highest BCUT2D eigenvalue weighted by Crippen LogP contribution is 2.50. The molecule has 4 N–H and O–H groups in total. The van der Waals surface area contributed by atoms with E-state index in [2.05, 4.69) is 122 Å². The quantitative estimate of drug-likeness (QED) is 0.125. The number of benzene rings is 9. The molecule has 0 spiro atoms. The fourth-order valence-corrected chi connectivity index (χ4v) is 27.8. The van der Waals surface area contributed by atoms with Crippen LogP contribution in [-0.2, 0) is 146 Å². The summed E-state index contributed by atoms with van der Waals surface area (Å²) in [6.45, 7) is 8.83. The Kier molecular flexibility index (Phi) is 28.3. The lowest BCUT2D eigenvalue weighted by atomic mass is 9.97. The molecule has 35 heteroatoms. The van der Waals surface area contributed by atoms with E-state index in [1.165, 1.54) is 24.6 Å². The molecular weight excluding hydrogens is 2000 g/mol. The smallest absolute Gasteiger partial charge is 0.352 e. The second kappa shape index (κ2) is 42.0. The monoisotopic (exact) mass is 2110 g/mol. The van der Waals surface area contributed by atoms with E-state index in [0.717, 1.165) is 255 Å². The molecule has 0 atom stereocenters. The van der Waals surface area contributed by atoms with Crippen molar-refractivity contribution in [3.8, 4) is 50.6 Å². The number of aromatic carboxylic acids is 3. The second-order valence-electron chi connectivity index (χ2n) is 38.3. The number of carbonyl (C=O) groups is 3. The van der Waals surface area contributed by atoms with Gasteiger partial charge in [-0.2, -0.15) is 30.6 Å². The van der Waals surface area contributed by atoms with Crippen LogP contribution in [0.15, 0.2) is 178 Å². The van der Waals surface area contributed by atoms with E-state index < -0.39 is 23.7 Å². The molecule has 26 nitrogen and oxygen atoms in total. The molecule has 6 aliphatic rings. The number of fused-ring (bicyclic) bond motifs is 28. The van der Waals surface area contributed by atoms with Crippen LogP contribution in [0.1, 0.15) is 149 Å². The zero-order valence-corrected chi connectivity index (χ0v) is 88.7. The third-order valence-corrected chi connectivity index (χ3v) is 35.3. The molecule has 9 aromatic carbocycles. The first kappa shape index (κ1) is 98.6. The van der Waals surface area contributed by atoms with Gasteiger partial charge in [0, 0.05) is 224 Å². The van der Waals surface area contributed by atoms with Gasteiger partial charge in [0.1, 0.15) is 40.1 Å². The Labute approximate surface area is 878 Å².